The van der Waals surface area contributed by atoms with Gasteiger partial charge in [-0.2, -0.15) is 9.61 Å². The van der Waals surface area contributed by atoms with Gasteiger partial charge >= 0.3 is 5.69 Å². The number of benzene rings is 1. The Morgan fingerprint density at radius 3 is 2.74 bits per heavy atom. The van der Waals surface area contributed by atoms with Gasteiger partial charge in [-0.05, 0) is 44.3 Å². The van der Waals surface area contributed by atoms with Crippen LogP contribution in [0.4, 0.5) is 11.5 Å². The first-order chi connectivity index (χ1) is 16.2. The van der Waals surface area contributed by atoms with E-state index in [1.54, 1.807) is 28.9 Å². The van der Waals surface area contributed by atoms with Crippen molar-refractivity contribution in [1.29, 1.82) is 0 Å². The molecule has 0 aliphatic carbocycles. The highest BCUT2D eigenvalue weighted by atomic mass is 35.5. The number of fused-ring (bicyclic) bond motifs is 1. The van der Waals surface area contributed by atoms with Crippen molar-refractivity contribution in [2.75, 3.05) is 26.0 Å². The number of H-pyrrole nitrogens is 2. The van der Waals surface area contributed by atoms with Gasteiger partial charge in [0.25, 0.3) is 0 Å². The van der Waals surface area contributed by atoms with E-state index in [9.17, 15) is 9.90 Å². The third-order valence-electron chi connectivity index (χ3n) is 5.49. The van der Waals surface area contributed by atoms with Crippen LogP contribution in [0.5, 0.6) is 5.88 Å². The third-order valence-corrected chi connectivity index (χ3v) is 5.72. The Balaban J connectivity index is 1.87. The molecule has 3 heterocycles. The highest BCUT2D eigenvalue weighted by Crippen LogP contribution is 2.18. The van der Waals surface area contributed by atoms with E-state index in [4.69, 9.17) is 21.6 Å². The summed E-state index contributed by atoms with van der Waals surface area (Å²) in [6, 6.07) is 9.41. The van der Waals surface area contributed by atoms with Crippen LogP contribution >= 0.6 is 11.6 Å². The van der Waals surface area contributed by atoms with E-state index in [1.165, 1.54) is 0 Å². The van der Waals surface area contributed by atoms with E-state index in [0.29, 0.717) is 39.7 Å². The van der Waals surface area contributed by atoms with E-state index >= 15 is 0 Å². The fourth-order valence-electron chi connectivity index (χ4n) is 3.76. The summed E-state index contributed by atoms with van der Waals surface area (Å²) in [5, 5.41) is 18.9. The summed E-state index contributed by atoms with van der Waals surface area (Å²) in [5.74, 6) is 0.713. The predicted octanol–water partition coefficient (Wildman–Crippen LogP) is 1.88. The zero-order valence-electron chi connectivity index (χ0n) is 19.4. The fraction of sp³-hybridized carbons (Fsp3) is 0.304. The molecule has 1 aromatic carbocycles. The first-order valence-corrected chi connectivity index (χ1v) is 11.2. The van der Waals surface area contributed by atoms with Crippen LogP contribution in [0.3, 0.4) is 0 Å². The molecule has 4 rings (SSSR count). The number of hydrogen-bond donors (Lipinski definition) is 4. The number of nitrogens with zero attached hydrogens (tertiary/aromatic N) is 5. The maximum atomic E-state index is 11.5. The Hall–Kier alpha value is -3.63. The monoisotopic (exact) mass is 482 g/mol. The van der Waals surface area contributed by atoms with Gasteiger partial charge in [-0.3, -0.25) is 9.98 Å². The van der Waals surface area contributed by atoms with Gasteiger partial charge < -0.3 is 20.3 Å². The third kappa shape index (κ3) is 5.13. The molecular formula is C23H27ClN8O2. The number of imidazole rings is 1. The maximum Gasteiger partial charge on any atom is 0.326 e. The molecule has 1 unspecified atom stereocenters. The lowest BCUT2D eigenvalue weighted by atomic mass is 10.0. The molecule has 0 aliphatic heterocycles. The summed E-state index contributed by atoms with van der Waals surface area (Å²) in [4.78, 5) is 28.1. The molecule has 4 N–H and O–H groups in total. The SMILES string of the molecule is CC(C)C(CN=c1cc(Nc2cccc(Cl)c2)nc2/c(=C/c3[nH]c(=O)[nH]c3O)cnn12)N(C)C. The summed E-state index contributed by atoms with van der Waals surface area (Å²) >= 11 is 6.14. The van der Waals surface area contributed by atoms with E-state index in [0.717, 1.165) is 5.69 Å². The second-order valence-corrected chi connectivity index (χ2v) is 9.01. The Kier molecular flexibility index (Phi) is 6.71. The number of anilines is 2. The number of rotatable bonds is 7. The predicted molar refractivity (Wildman–Crippen MR) is 132 cm³/mol. The zero-order chi connectivity index (χ0) is 24.4. The number of aromatic nitrogens is 5. The fourth-order valence-corrected chi connectivity index (χ4v) is 3.95. The number of halogens is 1. The smallest absolute Gasteiger partial charge is 0.326 e. The van der Waals surface area contributed by atoms with Crippen LogP contribution in [0.2, 0.25) is 5.02 Å². The van der Waals surface area contributed by atoms with E-state index in [2.05, 4.69) is 39.1 Å². The molecule has 1 atom stereocenters. The summed E-state index contributed by atoms with van der Waals surface area (Å²) in [6.07, 6.45) is 3.22. The second kappa shape index (κ2) is 9.70. The normalized spacial score (nSPS) is 14.0. The molecule has 3 aromatic heterocycles. The lowest BCUT2D eigenvalue weighted by Crippen LogP contribution is -2.36. The number of likely N-dealkylation sites (N-methyl/N-ethyl adjacent to an activating group) is 1. The minimum Gasteiger partial charge on any atom is -0.493 e. The standard InChI is InChI=1S/C23H27ClN8O2/c1-13(2)18(31(3)4)12-25-20-10-19(27-16-7-5-6-15(24)9-16)29-21-14(11-26-32(20)21)8-17-22(33)30-23(34)28-17/h5-11,13,18,27,33H,12H2,1-4H3,(H2,28,30,34)/b14-8+,25-20?. The molecular weight excluding hydrogens is 456 g/mol. The first-order valence-electron chi connectivity index (χ1n) is 10.8. The van der Waals surface area contributed by atoms with Gasteiger partial charge in [-0.1, -0.05) is 31.5 Å². The van der Waals surface area contributed by atoms with Gasteiger partial charge in [0.05, 0.1) is 12.7 Å². The molecule has 0 saturated heterocycles. The number of nitrogens with one attached hydrogen (secondary N) is 3. The highest BCUT2D eigenvalue weighted by molar-refractivity contribution is 6.30. The minimum absolute atomic E-state index is 0.237. The van der Waals surface area contributed by atoms with Gasteiger partial charge in [0.1, 0.15) is 11.5 Å². The number of aromatic amines is 2. The van der Waals surface area contributed by atoms with Crippen molar-refractivity contribution in [3.8, 4) is 5.88 Å². The zero-order valence-corrected chi connectivity index (χ0v) is 20.1. The van der Waals surface area contributed by atoms with Crippen LogP contribution in [0, 0.1) is 5.92 Å². The van der Waals surface area contributed by atoms with Crippen molar-refractivity contribution >= 4 is 34.8 Å². The maximum absolute atomic E-state index is 11.5. The molecule has 11 heteroatoms. The molecule has 4 aromatic rings. The van der Waals surface area contributed by atoms with Crippen molar-refractivity contribution in [2.45, 2.75) is 19.9 Å². The Labute approximate surface area is 200 Å². The van der Waals surface area contributed by atoms with Crippen molar-refractivity contribution in [2.24, 2.45) is 10.9 Å². The van der Waals surface area contributed by atoms with Crippen LogP contribution < -0.4 is 21.7 Å². The Bertz CT molecular complexity index is 1480. The lowest BCUT2D eigenvalue weighted by molar-refractivity contribution is 0.237. The quantitative estimate of drug-likeness (QED) is 0.318. The molecule has 34 heavy (non-hydrogen) atoms. The Morgan fingerprint density at radius 1 is 1.29 bits per heavy atom. The molecule has 0 spiro atoms. The van der Waals surface area contributed by atoms with Crippen LogP contribution in [0.25, 0.3) is 11.7 Å². The summed E-state index contributed by atoms with van der Waals surface area (Å²) < 4.78 is 1.64. The molecule has 0 fully saturated rings. The van der Waals surface area contributed by atoms with E-state index in [-0.39, 0.29) is 17.6 Å². The molecule has 0 bridgehead atoms. The second-order valence-electron chi connectivity index (χ2n) is 8.57. The van der Waals surface area contributed by atoms with Crippen molar-refractivity contribution in [3.63, 3.8) is 0 Å². The molecule has 0 amide bonds. The van der Waals surface area contributed by atoms with Gasteiger partial charge in [0, 0.05) is 28.0 Å². The van der Waals surface area contributed by atoms with Gasteiger partial charge in [0.2, 0.25) is 5.88 Å². The van der Waals surface area contributed by atoms with Crippen LogP contribution in [0.1, 0.15) is 19.5 Å². The van der Waals surface area contributed by atoms with Crippen molar-refractivity contribution in [1.82, 2.24) is 29.5 Å². The molecule has 0 aliphatic rings. The van der Waals surface area contributed by atoms with Gasteiger partial charge in [0.15, 0.2) is 11.1 Å². The van der Waals surface area contributed by atoms with Crippen LogP contribution in [-0.4, -0.2) is 61.3 Å². The molecule has 0 saturated carbocycles. The average Bonchev–Trinajstić information content (AvgIpc) is 3.30. The Morgan fingerprint density at radius 2 is 2.09 bits per heavy atom. The minimum atomic E-state index is -0.504. The lowest BCUT2D eigenvalue weighted by Gasteiger charge is -2.26. The van der Waals surface area contributed by atoms with Crippen LogP contribution in [-0.2, 0) is 0 Å². The van der Waals surface area contributed by atoms with Gasteiger partial charge in [-0.15, -0.1) is 0 Å². The molecule has 0 radical (unpaired) electrons. The molecule has 10 nitrogen and oxygen atoms in total. The first kappa shape index (κ1) is 23.5. The number of hydrogen-bond acceptors (Lipinski definition) is 7. The average molecular weight is 483 g/mol. The topological polar surface area (TPSA) is 127 Å². The molecule has 178 valence electrons. The van der Waals surface area contributed by atoms with Gasteiger partial charge in [-0.25, -0.2) is 9.78 Å². The van der Waals surface area contributed by atoms with Crippen molar-refractivity contribution in [3.05, 3.63) is 68.4 Å². The largest absolute Gasteiger partial charge is 0.493 e. The van der Waals surface area contributed by atoms with E-state index < -0.39 is 5.69 Å². The summed E-state index contributed by atoms with van der Waals surface area (Å²) in [6.45, 7) is 4.91. The highest BCUT2D eigenvalue weighted by Gasteiger charge is 2.15. The van der Waals surface area contributed by atoms with Crippen LogP contribution in [0.15, 0.2) is 46.3 Å². The number of aromatic hydroxyl groups is 1. The summed E-state index contributed by atoms with van der Waals surface area (Å²) in [5.41, 5.74) is 1.64. The summed E-state index contributed by atoms with van der Waals surface area (Å²) in [7, 11) is 4.08. The van der Waals surface area contributed by atoms with Crippen molar-refractivity contribution < 1.29 is 5.11 Å². The van der Waals surface area contributed by atoms with E-state index in [1.807, 2.05) is 32.3 Å².